The van der Waals surface area contributed by atoms with Crippen molar-refractivity contribution in [1.82, 2.24) is 25.2 Å². The van der Waals surface area contributed by atoms with E-state index in [0.29, 0.717) is 26.1 Å². The number of hydrogen-bond acceptors (Lipinski definition) is 5. The molecule has 0 bridgehead atoms. The summed E-state index contributed by atoms with van der Waals surface area (Å²) in [7, 11) is 5.57. The molecule has 0 saturated carbocycles. The molecule has 2 rings (SSSR count). The SMILES string of the molecule is CNN(C)Cc1cc2ccccc2n1CCC(=O)NCCN(C)CC(=O)O. The van der Waals surface area contributed by atoms with E-state index >= 15 is 0 Å². The van der Waals surface area contributed by atoms with Crippen molar-refractivity contribution in [2.24, 2.45) is 0 Å². The first kappa shape index (κ1) is 20.9. The number of para-hydroxylation sites is 1. The van der Waals surface area contributed by atoms with Crippen LogP contribution in [0.1, 0.15) is 12.1 Å². The van der Waals surface area contributed by atoms with Crippen molar-refractivity contribution >= 4 is 22.8 Å². The third kappa shape index (κ3) is 6.35. The number of rotatable bonds is 11. The molecule has 0 atom stereocenters. The Morgan fingerprint density at radius 2 is 1.96 bits per heavy atom. The van der Waals surface area contributed by atoms with Gasteiger partial charge in [0.2, 0.25) is 5.91 Å². The van der Waals surface area contributed by atoms with Gasteiger partial charge in [0.25, 0.3) is 0 Å². The fourth-order valence-corrected chi connectivity index (χ4v) is 2.98. The molecule has 0 aliphatic carbocycles. The first-order valence-electron chi connectivity index (χ1n) is 9.03. The number of aryl methyl sites for hydroxylation is 1. The summed E-state index contributed by atoms with van der Waals surface area (Å²) in [5, 5.41) is 14.7. The number of hydrogen-bond donors (Lipinski definition) is 3. The summed E-state index contributed by atoms with van der Waals surface area (Å²) in [6, 6.07) is 10.3. The van der Waals surface area contributed by atoms with Crippen LogP contribution in [0.5, 0.6) is 0 Å². The lowest BCUT2D eigenvalue weighted by Gasteiger charge is -2.17. The lowest BCUT2D eigenvalue weighted by Crippen LogP contribution is -2.35. The molecule has 8 nitrogen and oxygen atoms in total. The van der Waals surface area contributed by atoms with Gasteiger partial charge >= 0.3 is 5.97 Å². The van der Waals surface area contributed by atoms with Gasteiger partial charge in [-0.25, -0.2) is 5.01 Å². The second kappa shape index (κ2) is 10.1. The fourth-order valence-electron chi connectivity index (χ4n) is 2.98. The highest BCUT2D eigenvalue weighted by molar-refractivity contribution is 5.82. The highest BCUT2D eigenvalue weighted by Crippen LogP contribution is 2.21. The van der Waals surface area contributed by atoms with Crippen LogP contribution in [0.2, 0.25) is 0 Å². The molecule has 8 heteroatoms. The van der Waals surface area contributed by atoms with Gasteiger partial charge in [0.05, 0.1) is 13.1 Å². The van der Waals surface area contributed by atoms with Crippen molar-refractivity contribution in [3.63, 3.8) is 0 Å². The number of benzene rings is 1. The number of carboxylic acid groups (broad SMARTS) is 1. The molecule has 1 aromatic heterocycles. The average Bonchev–Trinajstić information content (AvgIpc) is 2.96. The minimum absolute atomic E-state index is 0.0342. The lowest BCUT2D eigenvalue weighted by molar-refractivity contribution is -0.137. The first-order valence-corrected chi connectivity index (χ1v) is 9.03. The van der Waals surface area contributed by atoms with Gasteiger partial charge in [-0.05, 0) is 31.6 Å². The van der Waals surface area contributed by atoms with Gasteiger partial charge in [-0.2, -0.15) is 0 Å². The molecule has 0 unspecified atom stereocenters. The minimum atomic E-state index is -0.873. The fraction of sp³-hybridized carbons (Fsp3) is 0.474. The highest BCUT2D eigenvalue weighted by atomic mass is 16.4. The largest absolute Gasteiger partial charge is 0.480 e. The van der Waals surface area contributed by atoms with Gasteiger partial charge < -0.3 is 15.0 Å². The Morgan fingerprint density at radius 1 is 1.22 bits per heavy atom. The molecule has 1 heterocycles. The zero-order chi connectivity index (χ0) is 19.8. The number of carbonyl (C=O) groups excluding carboxylic acids is 1. The zero-order valence-electron chi connectivity index (χ0n) is 16.2. The summed E-state index contributed by atoms with van der Waals surface area (Å²) < 4.78 is 2.18. The highest BCUT2D eigenvalue weighted by Gasteiger charge is 2.12. The molecule has 0 aliphatic heterocycles. The second-order valence-corrected chi connectivity index (χ2v) is 6.66. The number of aliphatic carboxylic acids is 1. The molecule has 1 aromatic carbocycles. The van der Waals surface area contributed by atoms with Crippen LogP contribution in [0.4, 0.5) is 0 Å². The zero-order valence-corrected chi connectivity index (χ0v) is 16.2. The monoisotopic (exact) mass is 375 g/mol. The number of nitrogens with one attached hydrogen (secondary N) is 2. The molecule has 3 N–H and O–H groups in total. The van der Waals surface area contributed by atoms with E-state index < -0.39 is 5.97 Å². The second-order valence-electron chi connectivity index (χ2n) is 6.66. The van der Waals surface area contributed by atoms with E-state index in [1.807, 2.05) is 31.2 Å². The average molecular weight is 375 g/mol. The maximum Gasteiger partial charge on any atom is 0.317 e. The Bertz CT molecular complexity index is 774. The van der Waals surface area contributed by atoms with Crippen LogP contribution in [0.15, 0.2) is 30.3 Å². The normalized spacial score (nSPS) is 11.4. The molecule has 0 spiro atoms. The molecule has 0 aliphatic rings. The summed E-state index contributed by atoms with van der Waals surface area (Å²) in [5.41, 5.74) is 5.35. The minimum Gasteiger partial charge on any atom is -0.480 e. The maximum atomic E-state index is 12.2. The summed E-state index contributed by atoms with van der Waals surface area (Å²) in [4.78, 5) is 24.5. The Morgan fingerprint density at radius 3 is 2.67 bits per heavy atom. The Labute approximate surface area is 159 Å². The topological polar surface area (TPSA) is 89.8 Å². The van der Waals surface area contributed by atoms with Crippen LogP contribution in [0.3, 0.4) is 0 Å². The number of carboxylic acids is 1. The van der Waals surface area contributed by atoms with Crippen molar-refractivity contribution in [1.29, 1.82) is 0 Å². The van der Waals surface area contributed by atoms with Gasteiger partial charge in [-0.1, -0.05) is 18.2 Å². The number of aromatic nitrogens is 1. The third-order valence-electron chi connectivity index (χ3n) is 4.46. The van der Waals surface area contributed by atoms with Gasteiger partial charge in [0, 0.05) is 44.3 Å². The maximum absolute atomic E-state index is 12.2. The number of likely N-dealkylation sites (N-methyl/N-ethyl adjacent to an activating group) is 1. The first-order chi connectivity index (χ1) is 12.9. The Kier molecular flexibility index (Phi) is 7.78. The third-order valence-corrected chi connectivity index (χ3v) is 4.46. The van der Waals surface area contributed by atoms with Gasteiger partial charge in [-0.3, -0.25) is 19.9 Å². The quantitative estimate of drug-likeness (QED) is 0.502. The van der Waals surface area contributed by atoms with Gasteiger partial charge in [0.15, 0.2) is 0 Å². The number of hydrazine groups is 1. The van der Waals surface area contributed by atoms with Crippen molar-refractivity contribution in [2.75, 3.05) is 40.8 Å². The molecule has 0 radical (unpaired) electrons. The standard InChI is InChI=1S/C19H29N5O3/c1-20-23(3)13-16-12-15-6-4-5-7-17(15)24(16)10-8-18(25)21-9-11-22(2)14-19(26)27/h4-7,12,20H,8-11,13-14H2,1-3H3,(H,21,25)(H,26,27). The summed E-state index contributed by atoms with van der Waals surface area (Å²) in [6.45, 7) is 2.23. The number of nitrogens with zero attached hydrogens (tertiary/aromatic N) is 3. The summed E-state index contributed by atoms with van der Waals surface area (Å²) in [6.07, 6.45) is 0.373. The Hall–Kier alpha value is -2.42. The predicted octanol–water partition coefficient (Wildman–Crippen LogP) is 0.730. The molecule has 2 aromatic rings. The molecule has 148 valence electrons. The smallest absolute Gasteiger partial charge is 0.317 e. The summed E-state index contributed by atoms with van der Waals surface area (Å²) >= 11 is 0. The lowest BCUT2D eigenvalue weighted by atomic mass is 10.2. The van der Waals surface area contributed by atoms with E-state index in [1.54, 1.807) is 11.9 Å². The molecule has 1 amide bonds. The van der Waals surface area contributed by atoms with E-state index in [0.717, 1.165) is 23.1 Å². The molecular weight excluding hydrogens is 346 g/mol. The molecular formula is C19H29N5O3. The molecule has 27 heavy (non-hydrogen) atoms. The van der Waals surface area contributed by atoms with Crippen molar-refractivity contribution in [2.45, 2.75) is 19.5 Å². The van der Waals surface area contributed by atoms with Gasteiger partial charge in [-0.15, -0.1) is 0 Å². The van der Waals surface area contributed by atoms with Crippen molar-refractivity contribution in [3.8, 4) is 0 Å². The van der Waals surface area contributed by atoms with Crippen LogP contribution >= 0.6 is 0 Å². The van der Waals surface area contributed by atoms with E-state index in [-0.39, 0.29) is 12.5 Å². The molecule has 0 fully saturated rings. The summed E-state index contributed by atoms with van der Waals surface area (Å²) in [5.74, 6) is -0.910. The van der Waals surface area contributed by atoms with E-state index in [2.05, 4.69) is 33.5 Å². The van der Waals surface area contributed by atoms with Gasteiger partial charge in [0.1, 0.15) is 0 Å². The van der Waals surface area contributed by atoms with Crippen LogP contribution < -0.4 is 10.7 Å². The van der Waals surface area contributed by atoms with E-state index in [1.165, 1.54) is 0 Å². The number of fused-ring (bicyclic) bond motifs is 1. The van der Waals surface area contributed by atoms with Crippen molar-refractivity contribution in [3.05, 3.63) is 36.0 Å². The van der Waals surface area contributed by atoms with Crippen LogP contribution in [-0.2, 0) is 22.7 Å². The van der Waals surface area contributed by atoms with Crippen LogP contribution in [0, 0.1) is 0 Å². The Balaban J connectivity index is 1.94. The van der Waals surface area contributed by atoms with E-state index in [4.69, 9.17) is 5.11 Å². The van der Waals surface area contributed by atoms with E-state index in [9.17, 15) is 9.59 Å². The number of carbonyl (C=O) groups is 2. The van der Waals surface area contributed by atoms with Crippen LogP contribution in [0.25, 0.3) is 10.9 Å². The predicted molar refractivity (Wildman–Crippen MR) is 105 cm³/mol. The molecule has 0 saturated heterocycles. The van der Waals surface area contributed by atoms with Crippen LogP contribution in [-0.4, -0.2) is 72.2 Å². The van der Waals surface area contributed by atoms with Crippen molar-refractivity contribution < 1.29 is 14.7 Å². The number of amides is 1.